The molecule has 2 aromatic rings. The highest BCUT2D eigenvalue weighted by Crippen LogP contribution is 2.23. The summed E-state index contributed by atoms with van der Waals surface area (Å²) < 4.78 is 0. The number of carbonyl (C=O) groups excluding carboxylic acids is 1. The number of pyridine rings is 1. The van der Waals surface area contributed by atoms with Gasteiger partial charge >= 0.3 is 0 Å². The van der Waals surface area contributed by atoms with Crippen LogP contribution in [0, 0.1) is 6.92 Å². The maximum Gasteiger partial charge on any atom is 0.161 e. The number of aryl methyl sites for hydroxylation is 1. The van der Waals surface area contributed by atoms with Crippen molar-refractivity contribution in [3.8, 4) is 11.3 Å². The molecule has 1 aromatic carbocycles. The number of nitrogens with zero attached hydrogens (tertiary/aromatic N) is 1. The SMILES string of the molecule is CC(=O)c1ccc(-c2ccc(C)cc2CO)nc1. The summed E-state index contributed by atoms with van der Waals surface area (Å²) in [5.41, 5.74) is 4.21. The van der Waals surface area contributed by atoms with Gasteiger partial charge in [0, 0.05) is 17.3 Å². The molecule has 0 saturated heterocycles. The first-order valence-corrected chi connectivity index (χ1v) is 5.79. The van der Waals surface area contributed by atoms with Crippen molar-refractivity contribution in [3.63, 3.8) is 0 Å². The first-order chi connectivity index (χ1) is 8.61. The normalized spacial score (nSPS) is 10.4. The number of ketones is 1. The van der Waals surface area contributed by atoms with Crippen LogP contribution in [0.25, 0.3) is 11.3 Å². The maximum absolute atomic E-state index is 11.2. The van der Waals surface area contributed by atoms with Crippen LogP contribution in [0.5, 0.6) is 0 Å². The molecule has 92 valence electrons. The molecule has 0 aliphatic heterocycles. The van der Waals surface area contributed by atoms with E-state index in [1.807, 2.05) is 25.1 Å². The Morgan fingerprint density at radius 3 is 2.61 bits per heavy atom. The molecule has 0 aliphatic rings. The van der Waals surface area contributed by atoms with Gasteiger partial charge in [-0.3, -0.25) is 9.78 Å². The summed E-state index contributed by atoms with van der Waals surface area (Å²) in [5, 5.41) is 9.37. The number of hydrogen-bond donors (Lipinski definition) is 1. The second-order valence-corrected chi connectivity index (χ2v) is 4.31. The molecule has 1 N–H and O–H groups in total. The number of benzene rings is 1. The van der Waals surface area contributed by atoms with E-state index in [1.165, 1.54) is 6.92 Å². The summed E-state index contributed by atoms with van der Waals surface area (Å²) in [4.78, 5) is 15.5. The van der Waals surface area contributed by atoms with Crippen LogP contribution in [0.3, 0.4) is 0 Å². The molecule has 18 heavy (non-hydrogen) atoms. The number of Topliss-reactive ketones (excluding diaryl/α,β-unsaturated/α-hetero) is 1. The van der Waals surface area contributed by atoms with Gasteiger partial charge < -0.3 is 5.11 Å². The minimum absolute atomic E-state index is 0.000313. The van der Waals surface area contributed by atoms with Gasteiger partial charge in [0.25, 0.3) is 0 Å². The van der Waals surface area contributed by atoms with Crippen molar-refractivity contribution in [3.05, 3.63) is 53.2 Å². The Balaban J connectivity index is 2.45. The highest BCUT2D eigenvalue weighted by molar-refractivity contribution is 5.94. The molecular formula is C15H15NO2. The molecule has 0 radical (unpaired) electrons. The van der Waals surface area contributed by atoms with Crippen molar-refractivity contribution in [2.24, 2.45) is 0 Å². The number of carbonyl (C=O) groups is 1. The Bertz CT molecular complexity index is 574. The monoisotopic (exact) mass is 241 g/mol. The van der Waals surface area contributed by atoms with Crippen molar-refractivity contribution in [1.29, 1.82) is 0 Å². The fourth-order valence-electron chi connectivity index (χ4n) is 1.86. The van der Waals surface area contributed by atoms with E-state index in [9.17, 15) is 9.90 Å². The van der Waals surface area contributed by atoms with Crippen LogP contribution in [0.2, 0.25) is 0 Å². The zero-order valence-corrected chi connectivity index (χ0v) is 10.5. The largest absolute Gasteiger partial charge is 0.392 e. The van der Waals surface area contributed by atoms with E-state index in [4.69, 9.17) is 0 Å². The van der Waals surface area contributed by atoms with Gasteiger partial charge in [-0.2, -0.15) is 0 Å². The molecule has 0 bridgehead atoms. The molecule has 0 aliphatic carbocycles. The predicted octanol–water partition coefficient (Wildman–Crippen LogP) is 2.75. The van der Waals surface area contributed by atoms with E-state index in [1.54, 1.807) is 18.3 Å². The van der Waals surface area contributed by atoms with Gasteiger partial charge in [0.2, 0.25) is 0 Å². The molecule has 2 rings (SSSR count). The molecule has 0 spiro atoms. The first kappa shape index (κ1) is 12.5. The molecule has 3 nitrogen and oxygen atoms in total. The Hall–Kier alpha value is -2.00. The smallest absolute Gasteiger partial charge is 0.161 e. The second kappa shape index (κ2) is 5.10. The molecule has 0 unspecified atom stereocenters. The molecule has 0 amide bonds. The molecule has 0 atom stereocenters. The van der Waals surface area contributed by atoms with E-state index in [-0.39, 0.29) is 12.4 Å². The number of aromatic nitrogens is 1. The zero-order valence-electron chi connectivity index (χ0n) is 10.5. The second-order valence-electron chi connectivity index (χ2n) is 4.31. The first-order valence-electron chi connectivity index (χ1n) is 5.79. The maximum atomic E-state index is 11.2. The molecule has 0 fully saturated rings. The number of aliphatic hydroxyl groups is 1. The van der Waals surface area contributed by atoms with Crippen LogP contribution >= 0.6 is 0 Å². The van der Waals surface area contributed by atoms with Crippen LogP contribution in [-0.4, -0.2) is 15.9 Å². The number of rotatable bonds is 3. The van der Waals surface area contributed by atoms with Crippen molar-refractivity contribution < 1.29 is 9.90 Å². The third-order valence-electron chi connectivity index (χ3n) is 2.88. The fourth-order valence-corrected chi connectivity index (χ4v) is 1.86. The molecule has 3 heteroatoms. The van der Waals surface area contributed by atoms with Crippen molar-refractivity contribution in [2.75, 3.05) is 0 Å². The number of aliphatic hydroxyl groups excluding tert-OH is 1. The van der Waals surface area contributed by atoms with Crippen molar-refractivity contribution >= 4 is 5.78 Å². The molecule has 0 saturated carbocycles. The van der Waals surface area contributed by atoms with Crippen LogP contribution in [-0.2, 0) is 6.61 Å². The van der Waals surface area contributed by atoms with Gasteiger partial charge in [0.05, 0.1) is 12.3 Å². The van der Waals surface area contributed by atoms with Gasteiger partial charge in [-0.05, 0) is 31.5 Å². The van der Waals surface area contributed by atoms with Crippen molar-refractivity contribution in [1.82, 2.24) is 4.98 Å². The number of hydrogen-bond acceptors (Lipinski definition) is 3. The minimum atomic E-state index is -0.0207. The highest BCUT2D eigenvalue weighted by atomic mass is 16.3. The Morgan fingerprint density at radius 1 is 1.28 bits per heavy atom. The van der Waals surface area contributed by atoms with Gasteiger partial charge in [0.15, 0.2) is 5.78 Å². The molecule has 1 heterocycles. The third-order valence-corrected chi connectivity index (χ3v) is 2.88. The quantitative estimate of drug-likeness (QED) is 0.840. The summed E-state index contributed by atoms with van der Waals surface area (Å²) in [6.07, 6.45) is 1.57. The third kappa shape index (κ3) is 2.46. The van der Waals surface area contributed by atoms with Crippen LogP contribution < -0.4 is 0 Å². The van der Waals surface area contributed by atoms with E-state index in [0.29, 0.717) is 5.56 Å². The van der Waals surface area contributed by atoms with Gasteiger partial charge in [-0.25, -0.2) is 0 Å². The topological polar surface area (TPSA) is 50.2 Å². The van der Waals surface area contributed by atoms with Gasteiger partial charge in [-0.1, -0.05) is 23.8 Å². The zero-order chi connectivity index (χ0) is 13.1. The van der Waals surface area contributed by atoms with Gasteiger partial charge in [-0.15, -0.1) is 0 Å². The summed E-state index contributed by atoms with van der Waals surface area (Å²) in [7, 11) is 0. The van der Waals surface area contributed by atoms with E-state index >= 15 is 0 Å². The van der Waals surface area contributed by atoms with E-state index in [0.717, 1.165) is 22.4 Å². The Kier molecular flexibility index (Phi) is 3.53. The van der Waals surface area contributed by atoms with Crippen LogP contribution in [0.4, 0.5) is 0 Å². The van der Waals surface area contributed by atoms with Crippen LogP contribution in [0.15, 0.2) is 36.5 Å². The molecule has 1 aromatic heterocycles. The average molecular weight is 241 g/mol. The lowest BCUT2D eigenvalue weighted by atomic mass is 10.0. The van der Waals surface area contributed by atoms with Crippen LogP contribution in [0.1, 0.15) is 28.4 Å². The van der Waals surface area contributed by atoms with Crippen molar-refractivity contribution in [2.45, 2.75) is 20.5 Å². The van der Waals surface area contributed by atoms with E-state index in [2.05, 4.69) is 4.98 Å². The summed E-state index contributed by atoms with van der Waals surface area (Å²) in [6, 6.07) is 9.42. The minimum Gasteiger partial charge on any atom is -0.392 e. The lowest BCUT2D eigenvalue weighted by molar-refractivity contribution is 0.101. The average Bonchev–Trinajstić information content (AvgIpc) is 2.38. The fraction of sp³-hybridized carbons (Fsp3) is 0.200. The summed E-state index contributed by atoms with van der Waals surface area (Å²) >= 11 is 0. The Morgan fingerprint density at radius 2 is 2.06 bits per heavy atom. The summed E-state index contributed by atoms with van der Waals surface area (Å²) in [5.74, 6) is 0.000313. The summed E-state index contributed by atoms with van der Waals surface area (Å²) in [6.45, 7) is 3.48. The predicted molar refractivity (Wildman–Crippen MR) is 70.3 cm³/mol. The highest BCUT2D eigenvalue weighted by Gasteiger charge is 2.07. The molecular weight excluding hydrogens is 226 g/mol. The Labute approximate surface area is 106 Å². The van der Waals surface area contributed by atoms with Gasteiger partial charge in [0.1, 0.15) is 0 Å². The standard InChI is InChI=1S/C15H15NO2/c1-10-3-5-14(13(7-10)9-17)15-6-4-12(8-16-15)11(2)18/h3-8,17H,9H2,1-2H3. The lowest BCUT2D eigenvalue weighted by Crippen LogP contribution is -1.96. The van der Waals surface area contributed by atoms with E-state index < -0.39 is 0 Å². The lowest BCUT2D eigenvalue weighted by Gasteiger charge is -2.08.